The van der Waals surface area contributed by atoms with Gasteiger partial charge in [0.2, 0.25) is 5.91 Å². The molecule has 2 amide bonds. The average molecular weight is 536 g/mol. The fourth-order valence-electron chi connectivity index (χ4n) is 3.49. The quantitative estimate of drug-likeness (QED) is 0.359. The Morgan fingerprint density at radius 1 is 1.06 bits per heavy atom. The third-order valence-electron chi connectivity index (χ3n) is 5.50. The highest BCUT2D eigenvalue weighted by molar-refractivity contribution is 6.53. The number of hydrogen-bond acceptors (Lipinski definition) is 3. The molecule has 0 aliphatic heterocycles. The van der Waals surface area contributed by atoms with Gasteiger partial charge in [-0.3, -0.25) is 9.59 Å². The minimum Gasteiger partial charge on any atom is -0.334 e. The Bertz CT molecular complexity index is 1170. The third kappa shape index (κ3) is 4.25. The number of amides is 2. The van der Waals surface area contributed by atoms with Crippen LogP contribution in [0.4, 0.5) is 10.1 Å². The molecule has 4 rings (SSSR count). The molecular formula is C21H13Cl5FN3O2. The van der Waals surface area contributed by atoms with E-state index >= 15 is 0 Å². The van der Waals surface area contributed by atoms with Crippen molar-refractivity contribution in [2.24, 2.45) is 5.92 Å². The van der Waals surface area contributed by atoms with Crippen molar-refractivity contribution in [3.63, 3.8) is 0 Å². The van der Waals surface area contributed by atoms with Gasteiger partial charge in [-0.1, -0.05) is 34.8 Å². The largest absolute Gasteiger partial charge is 0.334 e. The molecule has 0 heterocycles. The van der Waals surface area contributed by atoms with Crippen LogP contribution in [0.3, 0.4) is 0 Å². The summed E-state index contributed by atoms with van der Waals surface area (Å²) in [5.41, 5.74) is -0.0427. The Labute approximate surface area is 207 Å². The van der Waals surface area contributed by atoms with E-state index in [1.54, 1.807) is 0 Å². The fraction of sp³-hybridized carbons (Fsp3) is 0.286. The Hall–Kier alpha value is -1.75. The maximum atomic E-state index is 13.7. The summed E-state index contributed by atoms with van der Waals surface area (Å²) in [7, 11) is 0. The minimum absolute atomic E-state index is 0.110. The maximum Gasteiger partial charge on any atom is 0.254 e. The summed E-state index contributed by atoms with van der Waals surface area (Å²) < 4.78 is 12.3. The standard InChI is InChI=1S/C21H13Cl5FN3O2/c22-12-2-1-10(7-11(12)18(31)30-20(8-28)3-4-20)29-19(32)16-15(21(16,25)26)9-5-13(23)17(27)14(24)6-9/h1-2,5-7,15-16H,3-4H2,(H,29,32)(H,30,31)/t15-,16+/m1/s1. The second-order valence-corrected chi connectivity index (χ2v) is 10.4. The molecule has 5 nitrogen and oxygen atoms in total. The van der Waals surface area contributed by atoms with E-state index in [2.05, 4.69) is 16.7 Å². The Morgan fingerprint density at radius 3 is 2.25 bits per heavy atom. The van der Waals surface area contributed by atoms with Gasteiger partial charge in [0.05, 0.1) is 32.6 Å². The van der Waals surface area contributed by atoms with Crippen LogP contribution in [0.15, 0.2) is 30.3 Å². The van der Waals surface area contributed by atoms with Crippen molar-refractivity contribution in [1.82, 2.24) is 5.32 Å². The van der Waals surface area contributed by atoms with E-state index in [9.17, 15) is 14.0 Å². The van der Waals surface area contributed by atoms with Gasteiger partial charge in [0, 0.05) is 11.6 Å². The Balaban J connectivity index is 1.52. The number of nitrogens with zero attached hydrogens (tertiary/aromatic N) is 1. The van der Waals surface area contributed by atoms with Crippen LogP contribution in [-0.2, 0) is 4.79 Å². The number of benzene rings is 2. The molecule has 2 saturated carbocycles. The number of rotatable bonds is 5. The molecule has 0 bridgehead atoms. The van der Waals surface area contributed by atoms with E-state index in [0.717, 1.165) is 0 Å². The molecule has 0 radical (unpaired) electrons. The number of anilines is 1. The number of nitriles is 1. The van der Waals surface area contributed by atoms with E-state index < -0.39 is 39.3 Å². The molecule has 2 fully saturated rings. The first-order chi connectivity index (χ1) is 15.0. The lowest BCUT2D eigenvalue weighted by Crippen LogP contribution is -2.35. The number of hydrogen-bond donors (Lipinski definition) is 2. The third-order valence-corrected chi connectivity index (χ3v) is 7.32. The SMILES string of the molecule is N#CC1(NC(=O)c2cc(NC(=O)[C@@H]3[C@@H](c4cc(Cl)c(F)c(Cl)c4)C3(Cl)Cl)ccc2Cl)CC1. The normalized spacial score (nSPS) is 21.9. The van der Waals surface area contributed by atoms with Gasteiger partial charge in [0.25, 0.3) is 5.91 Å². The minimum atomic E-state index is -1.45. The summed E-state index contributed by atoms with van der Waals surface area (Å²) >= 11 is 30.5. The van der Waals surface area contributed by atoms with Crippen molar-refractivity contribution in [2.75, 3.05) is 5.32 Å². The molecule has 32 heavy (non-hydrogen) atoms. The van der Waals surface area contributed by atoms with Crippen LogP contribution >= 0.6 is 58.0 Å². The van der Waals surface area contributed by atoms with Crippen LogP contribution in [0.1, 0.15) is 34.7 Å². The molecule has 0 spiro atoms. The van der Waals surface area contributed by atoms with Gasteiger partial charge in [-0.2, -0.15) is 5.26 Å². The van der Waals surface area contributed by atoms with E-state index in [0.29, 0.717) is 18.4 Å². The van der Waals surface area contributed by atoms with E-state index in [1.807, 2.05) is 0 Å². The Kier molecular flexibility index (Phi) is 6.02. The van der Waals surface area contributed by atoms with Crippen molar-refractivity contribution in [3.8, 4) is 6.07 Å². The fourth-order valence-corrected chi connectivity index (χ4v) is 5.03. The lowest BCUT2D eigenvalue weighted by atomic mass is 10.1. The monoisotopic (exact) mass is 533 g/mol. The molecule has 2 aromatic carbocycles. The second-order valence-electron chi connectivity index (χ2n) is 7.76. The molecule has 0 unspecified atom stereocenters. The lowest BCUT2D eigenvalue weighted by molar-refractivity contribution is -0.117. The molecular weight excluding hydrogens is 523 g/mol. The Morgan fingerprint density at radius 2 is 1.69 bits per heavy atom. The number of carbonyl (C=O) groups excluding carboxylic acids is 2. The van der Waals surface area contributed by atoms with Crippen LogP contribution in [-0.4, -0.2) is 21.7 Å². The van der Waals surface area contributed by atoms with Crippen LogP contribution in [0, 0.1) is 23.1 Å². The van der Waals surface area contributed by atoms with Gasteiger partial charge in [-0.25, -0.2) is 4.39 Å². The number of nitrogens with one attached hydrogen (secondary N) is 2. The predicted molar refractivity (Wildman–Crippen MR) is 122 cm³/mol. The van der Waals surface area contributed by atoms with Gasteiger partial charge >= 0.3 is 0 Å². The van der Waals surface area contributed by atoms with E-state index in [4.69, 9.17) is 63.3 Å². The topological polar surface area (TPSA) is 82.0 Å². The zero-order valence-corrected chi connectivity index (χ0v) is 19.8. The van der Waals surface area contributed by atoms with Gasteiger partial charge in [0.1, 0.15) is 9.87 Å². The van der Waals surface area contributed by atoms with Crippen LogP contribution in [0.2, 0.25) is 15.1 Å². The van der Waals surface area contributed by atoms with E-state index in [1.165, 1.54) is 30.3 Å². The summed E-state index contributed by atoms with van der Waals surface area (Å²) in [5.74, 6) is -3.34. The molecule has 0 aromatic heterocycles. The average Bonchev–Trinajstić information content (AvgIpc) is 3.62. The first-order valence-electron chi connectivity index (χ1n) is 9.35. The zero-order chi connectivity index (χ0) is 23.4. The molecule has 0 saturated heterocycles. The molecule has 166 valence electrons. The van der Waals surface area contributed by atoms with Crippen LogP contribution < -0.4 is 10.6 Å². The maximum absolute atomic E-state index is 13.7. The lowest BCUT2D eigenvalue weighted by Gasteiger charge is -2.12. The van der Waals surface area contributed by atoms with Crippen molar-refractivity contribution >= 4 is 75.5 Å². The zero-order valence-electron chi connectivity index (χ0n) is 16.0. The summed E-state index contributed by atoms with van der Waals surface area (Å²) in [6, 6.07) is 9.09. The first kappa shape index (κ1) is 23.4. The molecule has 2 aromatic rings. The van der Waals surface area contributed by atoms with Crippen LogP contribution in [0.5, 0.6) is 0 Å². The second kappa shape index (κ2) is 8.23. The van der Waals surface area contributed by atoms with Crippen molar-refractivity contribution in [1.29, 1.82) is 5.26 Å². The molecule has 2 atom stereocenters. The van der Waals surface area contributed by atoms with Crippen molar-refractivity contribution in [2.45, 2.75) is 28.6 Å². The highest BCUT2D eigenvalue weighted by Crippen LogP contribution is 2.65. The highest BCUT2D eigenvalue weighted by atomic mass is 35.5. The summed E-state index contributed by atoms with van der Waals surface area (Å²) in [4.78, 5) is 25.4. The molecule has 2 aliphatic rings. The molecule has 2 N–H and O–H groups in total. The summed E-state index contributed by atoms with van der Waals surface area (Å²) in [6.07, 6.45) is 1.13. The smallest absolute Gasteiger partial charge is 0.254 e. The van der Waals surface area contributed by atoms with Gasteiger partial charge in [-0.05, 0) is 48.7 Å². The van der Waals surface area contributed by atoms with Gasteiger partial charge in [0.15, 0.2) is 5.82 Å². The molecule has 11 heteroatoms. The number of halogens is 6. The predicted octanol–water partition coefficient (Wildman–Crippen LogP) is 6.10. The van der Waals surface area contributed by atoms with E-state index in [-0.39, 0.29) is 26.3 Å². The van der Waals surface area contributed by atoms with Gasteiger partial charge in [-0.15, -0.1) is 23.2 Å². The summed E-state index contributed by atoms with van der Waals surface area (Å²) in [6.45, 7) is 0. The number of alkyl halides is 2. The highest BCUT2D eigenvalue weighted by Gasteiger charge is 2.67. The van der Waals surface area contributed by atoms with Crippen molar-refractivity contribution < 1.29 is 14.0 Å². The first-order valence-corrected chi connectivity index (χ1v) is 11.2. The molecule has 2 aliphatic carbocycles. The van der Waals surface area contributed by atoms with Crippen LogP contribution in [0.25, 0.3) is 0 Å². The summed E-state index contributed by atoms with van der Waals surface area (Å²) in [5, 5.41) is 14.2. The van der Waals surface area contributed by atoms with Gasteiger partial charge < -0.3 is 10.6 Å². The van der Waals surface area contributed by atoms with Crippen molar-refractivity contribution in [3.05, 3.63) is 62.3 Å². The number of carbonyl (C=O) groups is 2.